The molecule has 1 atom stereocenters. The van der Waals surface area contributed by atoms with Crippen molar-refractivity contribution in [2.75, 3.05) is 11.8 Å². The van der Waals surface area contributed by atoms with Crippen LogP contribution in [-0.4, -0.2) is 21.5 Å². The Labute approximate surface area is 121 Å². The fourth-order valence-corrected chi connectivity index (χ4v) is 2.91. The topological polar surface area (TPSA) is 17.8 Å². The van der Waals surface area contributed by atoms with Crippen LogP contribution in [-0.2, 0) is 6.42 Å². The number of aromatic nitrogens is 2. The Morgan fingerprint density at radius 1 is 1.33 bits per heavy atom. The van der Waals surface area contributed by atoms with Crippen LogP contribution in [0.5, 0.6) is 0 Å². The first-order valence-electron chi connectivity index (χ1n) is 6.76. The molecule has 1 unspecified atom stereocenters. The van der Waals surface area contributed by atoms with Gasteiger partial charge in [-0.05, 0) is 32.3 Å². The van der Waals surface area contributed by atoms with Crippen molar-refractivity contribution in [3.63, 3.8) is 0 Å². The molecule has 4 heteroatoms. The molecule has 104 valence electrons. The quantitative estimate of drug-likeness (QED) is 0.637. The molecule has 0 aromatic carbocycles. The second-order valence-corrected chi connectivity index (χ2v) is 5.77. The minimum Gasteiger partial charge on any atom is -0.270 e. The molecule has 0 saturated heterocycles. The van der Waals surface area contributed by atoms with Crippen molar-refractivity contribution in [1.29, 1.82) is 0 Å². The first kappa shape index (κ1) is 15.8. The molecule has 18 heavy (non-hydrogen) atoms. The molecule has 0 aliphatic carbocycles. The molecule has 1 aromatic rings. The fraction of sp³-hybridized carbons (Fsp3) is 0.786. The molecule has 0 spiro atoms. The lowest BCUT2D eigenvalue weighted by molar-refractivity contribution is 0.334. The molecular weight excluding hydrogens is 267 g/mol. The van der Waals surface area contributed by atoms with Crippen molar-refractivity contribution in [3.05, 3.63) is 18.0 Å². The van der Waals surface area contributed by atoms with Gasteiger partial charge in [-0.25, -0.2) is 0 Å². The Balaban J connectivity index is 2.78. The molecule has 0 fully saturated rings. The van der Waals surface area contributed by atoms with Crippen molar-refractivity contribution in [2.24, 2.45) is 5.41 Å². The monoisotopic (exact) mass is 290 g/mol. The standard InChI is InChI=1S/C14H24Cl2N2/c1-4-7-14(10-15,11-16)9-13-6-8-18(17-13)12(3)5-2/h6,8,12H,4-5,7,9-11H2,1-3H3. The zero-order valence-electron chi connectivity index (χ0n) is 11.6. The molecule has 2 nitrogen and oxygen atoms in total. The third kappa shape index (κ3) is 3.89. The highest BCUT2D eigenvalue weighted by atomic mass is 35.5. The number of halogens is 2. The third-order valence-corrected chi connectivity index (χ3v) is 4.74. The summed E-state index contributed by atoms with van der Waals surface area (Å²) in [6, 6.07) is 2.54. The molecule has 0 aliphatic heterocycles. The summed E-state index contributed by atoms with van der Waals surface area (Å²) in [5.74, 6) is 1.20. The fourth-order valence-electron chi connectivity index (χ4n) is 2.17. The highest BCUT2D eigenvalue weighted by Crippen LogP contribution is 2.31. The van der Waals surface area contributed by atoms with E-state index in [9.17, 15) is 0 Å². The SMILES string of the molecule is CCCC(CCl)(CCl)Cc1ccn(C(C)CC)n1. The lowest BCUT2D eigenvalue weighted by atomic mass is 9.83. The van der Waals surface area contributed by atoms with Crippen molar-refractivity contribution < 1.29 is 0 Å². The van der Waals surface area contributed by atoms with Gasteiger partial charge in [-0.15, -0.1) is 23.2 Å². The van der Waals surface area contributed by atoms with Gasteiger partial charge in [-0.2, -0.15) is 5.10 Å². The molecule has 0 amide bonds. The van der Waals surface area contributed by atoms with Gasteiger partial charge in [-0.3, -0.25) is 4.68 Å². The number of alkyl halides is 2. The van der Waals surface area contributed by atoms with Crippen molar-refractivity contribution >= 4 is 23.2 Å². The Morgan fingerprint density at radius 3 is 2.50 bits per heavy atom. The number of rotatable bonds is 8. The summed E-state index contributed by atoms with van der Waals surface area (Å²) in [6.45, 7) is 6.52. The Hall–Kier alpha value is -0.210. The van der Waals surface area contributed by atoms with Crippen LogP contribution >= 0.6 is 23.2 Å². The molecule has 0 bridgehead atoms. The van der Waals surface area contributed by atoms with E-state index in [-0.39, 0.29) is 5.41 Å². The molecule has 0 radical (unpaired) electrons. The minimum atomic E-state index is -0.00744. The van der Waals surface area contributed by atoms with Gasteiger partial charge in [0.05, 0.1) is 5.69 Å². The van der Waals surface area contributed by atoms with E-state index in [4.69, 9.17) is 23.2 Å². The van der Waals surface area contributed by atoms with Crippen LogP contribution in [0.25, 0.3) is 0 Å². The van der Waals surface area contributed by atoms with E-state index in [1.54, 1.807) is 0 Å². The van der Waals surface area contributed by atoms with Crippen molar-refractivity contribution in [1.82, 2.24) is 9.78 Å². The average Bonchev–Trinajstić information content (AvgIpc) is 2.85. The Kier molecular flexibility index (Phi) is 6.51. The summed E-state index contributed by atoms with van der Waals surface area (Å²) in [4.78, 5) is 0. The van der Waals surface area contributed by atoms with E-state index in [0.717, 1.165) is 31.4 Å². The van der Waals surface area contributed by atoms with Gasteiger partial charge >= 0.3 is 0 Å². The van der Waals surface area contributed by atoms with E-state index in [0.29, 0.717) is 17.8 Å². The van der Waals surface area contributed by atoms with Crippen LogP contribution in [0.3, 0.4) is 0 Å². The minimum absolute atomic E-state index is 0.00744. The summed E-state index contributed by atoms with van der Waals surface area (Å²) < 4.78 is 2.04. The smallest absolute Gasteiger partial charge is 0.0631 e. The van der Waals surface area contributed by atoms with E-state index in [1.165, 1.54) is 0 Å². The maximum Gasteiger partial charge on any atom is 0.0631 e. The van der Waals surface area contributed by atoms with Gasteiger partial charge in [0.25, 0.3) is 0 Å². The predicted molar refractivity (Wildman–Crippen MR) is 79.7 cm³/mol. The van der Waals surface area contributed by atoms with Crippen LogP contribution in [0.1, 0.15) is 51.8 Å². The summed E-state index contributed by atoms with van der Waals surface area (Å²) in [7, 11) is 0. The first-order chi connectivity index (χ1) is 8.60. The maximum absolute atomic E-state index is 6.13. The van der Waals surface area contributed by atoms with Crippen molar-refractivity contribution in [2.45, 2.75) is 52.5 Å². The first-order valence-corrected chi connectivity index (χ1v) is 7.83. The molecule has 0 N–H and O–H groups in total. The van der Waals surface area contributed by atoms with Gasteiger partial charge in [-0.1, -0.05) is 20.3 Å². The summed E-state index contributed by atoms with van der Waals surface area (Å²) in [6.07, 6.45) is 6.17. The third-order valence-electron chi connectivity index (χ3n) is 3.61. The lowest BCUT2D eigenvalue weighted by Crippen LogP contribution is -2.28. The number of hydrogen-bond acceptors (Lipinski definition) is 1. The van der Waals surface area contributed by atoms with Crippen molar-refractivity contribution in [3.8, 4) is 0 Å². The molecule has 1 rings (SSSR count). The Morgan fingerprint density at radius 2 is 2.00 bits per heavy atom. The van der Waals surface area contributed by atoms with Gasteiger partial charge in [0.15, 0.2) is 0 Å². The number of nitrogens with zero attached hydrogens (tertiary/aromatic N) is 2. The van der Waals surface area contributed by atoms with E-state index < -0.39 is 0 Å². The highest BCUT2D eigenvalue weighted by molar-refractivity contribution is 6.21. The molecule has 0 aliphatic rings. The Bertz CT molecular complexity index is 345. The van der Waals surface area contributed by atoms with Gasteiger partial charge in [0.2, 0.25) is 0 Å². The van der Waals surface area contributed by atoms with E-state index in [1.807, 2.05) is 4.68 Å². The van der Waals surface area contributed by atoms with E-state index >= 15 is 0 Å². The van der Waals surface area contributed by atoms with Crippen LogP contribution < -0.4 is 0 Å². The van der Waals surface area contributed by atoms with Crippen LogP contribution in [0.4, 0.5) is 0 Å². The summed E-state index contributed by atoms with van der Waals surface area (Å²) in [5.41, 5.74) is 1.09. The zero-order valence-corrected chi connectivity index (χ0v) is 13.1. The lowest BCUT2D eigenvalue weighted by Gasteiger charge is -2.28. The second kappa shape index (κ2) is 7.40. The predicted octanol–water partition coefficient (Wildman–Crippen LogP) is 4.66. The normalized spacial score (nSPS) is 13.8. The van der Waals surface area contributed by atoms with Gasteiger partial charge in [0.1, 0.15) is 0 Å². The molecule has 1 heterocycles. The van der Waals surface area contributed by atoms with Crippen LogP contribution in [0.15, 0.2) is 12.3 Å². The zero-order chi connectivity index (χ0) is 13.6. The second-order valence-electron chi connectivity index (χ2n) is 5.24. The largest absolute Gasteiger partial charge is 0.270 e. The average molecular weight is 291 g/mol. The van der Waals surface area contributed by atoms with Crippen LogP contribution in [0.2, 0.25) is 0 Å². The molecular formula is C14H24Cl2N2. The number of hydrogen-bond donors (Lipinski definition) is 0. The summed E-state index contributed by atoms with van der Waals surface area (Å²) >= 11 is 12.3. The molecule has 0 saturated carbocycles. The summed E-state index contributed by atoms with van der Waals surface area (Å²) in [5, 5.41) is 4.64. The highest BCUT2D eigenvalue weighted by Gasteiger charge is 2.28. The molecule has 1 aromatic heterocycles. The van der Waals surface area contributed by atoms with E-state index in [2.05, 4.69) is 38.1 Å². The van der Waals surface area contributed by atoms with Crippen LogP contribution in [0, 0.1) is 5.41 Å². The van der Waals surface area contributed by atoms with Gasteiger partial charge < -0.3 is 0 Å². The maximum atomic E-state index is 6.13. The van der Waals surface area contributed by atoms with Gasteiger partial charge in [0, 0.05) is 29.4 Å².